The lowest BCUT2D eigenvalue weighted by Crippen LogP contribution is -2.55. The van der Waals surface area contributed by atoms with Crippen LogP contribution in [0.1, 0.15) is 131 Å². The zero-order chi connectivity index (χ0) is 47.1. The maximum atomic E-state index is 14.4. The number of allylic oxidation sites excluding steroid dienone is 6. The number of aliphatic hydroxyl groups excluding tert-OH is 1. The van der Waals surface area contributed by atoms with Crippen LogP contribution in [0.5, 0.6) is 0 Å². The van der Waals surface area contributed by atoms with E-state index in [0.29, 0.717) is 63.5 Å². The summed E-state index contributed by atoms with van der Waals surface area (Å²) >= 11 is 0. The number of esters is 1. The van der Waals surface area contributed by atoms with Gasteiger partial charge in [-0.2, -0.15) is 0 Å². The fraction of sp³-hybridized carbons (Fsp3) is 0.784. The van der Waals surface area contributed by atoms with E-state index in [2.05, 4.69) is 13.0 Å². The third kappa shape index (κ3) is 15.1. The minimum Gasteiger partial charge on any atom is -0.459 e. The van der Waals surface area contributed by atoms with Gasteiger partial charge in [-0.3, -0.25) is 9.59 Å². The van der Waals surface area contributed by atoms with Crippen LogP contribution in [-0.2, 0) is 42.8 Å². The second-order valence-corrected chi connectivity index (χ2v) is 19.7. The van der Waals surface area contributed by atoms with Gasteiger partial charge < -0.3 is 49.3 Å². The number of methoxy groups -OCH3 is 4. The number of hydrogen-bond donors (Lipinski definition) is 3. The molecule has 0 aromatic rings. The van der Waals surface area contributed by atoms with E-state index in [0.717, 1.165) is 37.7 Å². The second kappa shape index (κ2) is 26.0. The van der Waals surface area contributed by atoms with Crippen molar-refractivity contribution in [3.63, 3.8) is 0 Å². The van der Waals surface area contributed by atoms with Crippen molar-refractivity contribution in [2.45, 2.75) is 192 Å². The molecule has 0 unspecified atom stereocenters. The Kier molecular flexibility index (Phi) is 21.9. The van der Waals surface area contributed by atoms with E-state index in [1.165, 1.54) is 7.11 Å². The van der Waals surface area contributed by atoms with Gasteiger partial charge in [-0.05, 0) is 120 Å². The van der Waals surface area contributed by atoms with Gasteiger partial charge in [0.05, 0.1) is 30.8 Å². The largest absolute Gasteiger partial charge is 0.459 e. The Bertz CT molecular complexity index is 1610. The molecule has 64 heavy (non-hydrogen) atoms. The first-order valence-corrected chi connectivity index (χ1v) is 24.1. The first-order valence-electron chi connectivity index (χ1n) is 24.1. The van der Waals surface area contributed by atoms with Crippen molar-refractivity contribution in [1.29, 1.82) is 0 Å². The van der Waals surface area contributed by atoms with Gasteiger partial charge in [-0.25, -0.2) is 4.79 Å². The number of piperidine rings is 1. The molecule has 4 N–H and O–H groups in total. The van der Waals surface area contributed by atoms with Crippen LogP contribution in [0.25, 0.3) is 0 Å². The van der Waals surface area contributed by atoms with Crippen LogP contribution in [0.15, 0.2) is 47.6 Å². The standard InChI is InChI=1S/C51H84N2O11/c1-32-16-12-11-13-17-34(3)44(60-8)30-39-22-20-37(6)51(58,64-39)31-46(54)53-25-15-14-18-41(53)50(57)63-42(40(52)28-38-21-24-43(59-7)45(29-38)61-9)23-19-33(2)27-36(5)48(56)49(62-10)47(55)35(4)26-32/h11-13,16-17,27,32-33,35,37-45,48-49,56,58H,14-15,18-26,28-31,52H2,1-10H3/b13-11+,16-12+,34-17+,36-27+/t32-,33+,35-,37-,38+,39+,40-,41+,42+,43-,44+,45-,48-,49+,51+/m1/s1. The topological polar surface area (TPSA) is 176 Å². The molecule has 13 heteroatoms. The van der Waals surface area contributed by atoms with E-state index in [1.807, 2.05) is 65.0 Å². The van der Waals surface area contributed by atoms with E-state index < -0.39 is 42.2 Å². The molecule has 0 radical (unpaired) electrons. The first-order chi connectivity index (χ1) is 30.4. The fourth-order valence-electron chi connectivity index (χ4n) is 10.4. The highest BCUT2D eigenvalue weighted by atomic mass is 16.6. The van der Waals surface area contributed by atoms with Crippen molar-refractivity contribution in [2.75, 3.05) is 35.0 Å². The van der Waals surface area contributed by atoms with Crippen LogP contribution in [0.2, 0.25) is 0 Å². The molecule has 15 atom stereocenters. The van der Waals surface area contributed by atoms with Crippen LogP contribution < -0.4 is 5.73 Å². The summed E-state index contributed by atoms with van der Waals surface area (Å²) in [5.74, 6) is -3.09. The molecular weight excluding hydrogens is 817 g/mol. The van der Waals surface area contributed by atoms with Gasteiger partial charge in [0.15, 0.2) is 11.6 Å². The Morgan fingerprint density at radius 1 is 0.812 bits per heavy atom. The van der Waals surface area contributed by atoms with Crippen molar-refractivity contribution >= 4 is 17.7 Å². The van der Waals surface area contributed by atoms with Crippen molar-refractivity contribution in [3.05, 3.63) is 47.6 Å². The van der Waals surface area contributed by atoms with E-state index in [4.69, 9.17) is 34.2 Å². The molecule has 0 aromatic heterocycles. The number of cyclic esters (lactones) is 1. The normalized spacial score (nSPS) is 40.8. The summed E-state index contributed by atoms with van der Waals surface area (Å²) < 4.78 is 35.8. The highest BCUT2D eigenvalue weighted by Crippen LogP contribution is 2.38. The molecule has 4 aliphatic rings. The third-order valence-electron chi connectivity index (χ3n) is 14.6. The molecule has 1 aliphatic carbocycles. The number of carbonyl (C=O) groups excluding carboxylic acids is 3. The molecule has 0 spiro atoms. The number of amides is 1. The van der Waals surface area contributed by atoms with Gasteiger partial charge in [0.1, 0.15) is 24.4 Å². The minimum atomic E-state index is -1.71. The Morgan fingerprint density at radius 2 is 1.55 bits per heavy atom. The lowest BCUT2D eigenvalue weighted by Gasteiger charge is -2.44. The predicted octanol–water partition coefficient (Wildman–Crippen LogP) is 7.17. The second-order valence-electron chi connectivity index (χ2n) is 19.7. The number of ketones is 1. The molecule has 3 fully saturated rings. The average molecular weight is 901 g/mol. The molecule has 3 aliphatic heterocycles. The molecule has 3 heterocycles. The van der Waals surface area contributed by atoms with Gasteiger partial charge in [0.2, 0.25) is 5.91 Å². The summed E-state index contributed by atoms with van der Waals surface area (Å²) in [5.41, 5.74) is 8.63. The summed E-state index contributed by atoms with van der Waals surface area (Å²) in [6.45, 7) is 12.1. The smallest absolute Gasteiger partial charge is 0.329 e. The van der Waals surface area contributed by atoms with Crippen LogP contribution in [0, 0.1) is 29.6 Å². The molecule has 1 amide bonds. The lowest BCUT2D eigenvalue weighted by atomic mass is 9.80. The number of nitrogens with two attached hydrogens (primary N) is 1. The van der Waals surface area contributed by atoms with Crippen molar-refractivity contribution in [1.82, 2.24) is 4.90 Å². The Labute approximate surface area is 384 Å². The Hall–Kier alpha value is -2.75. The number of carbonyl (C=O) groups is 3. The number of nitrogens with zero attached hydrogens (tertiary/aromatic N) is 1. The molecule has 2 saturated heterocycles. The van der Waals surface area contributed by atoms with Gasteiger partial charge in [-0.1, -0.05) is 64.2 Å². The van der Waals surface area contributed by atoms with Gasteiger partial charge >= 0.3 is 5.97 Å². The third-order valence-corrected chi connectivity index (χ3v) is 14.6. The average Bonchev–Trinajstić information content (AvgIpc) is 3.27. The van der Waals surface area contributed by atoms with Crippen LogP contribution in [0.3, 0.4) is 0 Å². The summed E-state index contributed by atoms with van der Waals surface area (Å²) in [6, 6.07) is -1.31. The van der Waals surface area contributed by atoms with Crippen LogP contribution in [-0.4, -0.2) is 128 Å². The van der Waals surface area contributed by atoms with Crippen molar-refractivity contribution in [2.24, 2.45) is 35.3 Å². The zero-order valence-electron chi connectivity index (χ0n) is 40.7. The first kappa shape index (κ1) is 53.9. The summed E-state index contributed by atoms with van der Waals surface area (Å²) in [5, 5.41) is 23.5. The van der Waals surface area contributed by atoms with E-state index >= 15 is 0 Å². The predicted molar refractivity (Wildman–Crippen MR) is 248 cm³/mol. The monoisotopic (exact) mass is 901 g/mol. The maximum absolute atomic E-state index is 14.4. The highest BCUT2D eigenvalue weighted by Gasteiger charge is 2.46. The highest BCUT2D eigenvalue weighted by molar-refractivity contribution is 5.86. The minimum absolute atomic E-state index is 0.0146. The summed E-state index contributed by atoms with van der Waals surface area (Å²) in [4.78, 5) is 43.9. The Balaban J connectivity index is 1.64. The SMILES string of the molecule is CO[C@H]1C[C@@H]2CC[C@@H](C)[C@](O)(CC(=O)N3CCCC[C@H]3C(=O)O[C@H]([C@H](N)C[C@@H]3CC[C@@H](OC)[C@H](OC)C3)CC[C@H](C)/C=C(\C)[C@@H](O)[C@@H](OC)C(=O)[C@H](C)C[C@H](C)/C=C/C=C/C=C/1C)O2. The molecular formula is C51H84N2O11. The number of fused-ring (bicyclic) bond motifs is 3. The van der Waals surface area contributed by atoms with E-state index in [-0.39, 0.29) is 72.1 Å². The number of hydrogen-bond acceptors (Lipinski definition) is 12. The number of ether oxygens (including phenoxy) is 6. The molecule has 364 valence electrons. The number of aliphatic hydroxyl groups is 2. The summed E-state index contributed by atoms with van der Waals surface area (Å²) in [7, 11) is 6.52. The van der Waals surface area contributed by atoms with Gasteiger partial charge in [-0.15, -0.1) is 0 Å². The van der Waals surface area contributed by atoms with E-state index in [9.17, 15) is 24.6 Å². The van der Waals surface area contributed by atoms with Gasteiger partial charge in [0.25, 0.3) is 0 Å². The quantitative estimate of drug-likeness (QED) is 0.174. The molecule has 0 aromatic carbocycles. The summed E-state index contributed by atoms with van der Waals surface area (Å²) in [6.07, 6.45) is 16.7. The van der Waals surface area contributed by atoms with Crippen LogP contribution >= 0.6 is 0 Å². The fourth-order valence-corrected chi connectivity index (χ4v) is 10.4. The number of rotatable bonds is 7. The molecule has 1 saturated carbocycles. The van der Waals surface area contributed by atoms with E-state index in [1.54, 1.807) is 26.2 Å². The molecule has 2 bridgehead atoms. The Morgan fingerprint density at radius 3 is 2.23 bits per heavy atom. The molecule has 13 nitrogen and oxygen atoms in total. The van der Waals surface area contributed by atoms with Crippen molar-refractivity contribution < 1.29 is 53.0 Å². The van der Waals surface area contributed by atoms with Crippen molar-refractivity contribution in [3.8, 4) is 0 Å². The van der Waals surface area contributed by atoms with Gasteiger partial charge in [0, 0.05) is 59.3 Å². The molecule has 4 rings (SSSR count). The zero-order valence-corrected chi connectivity index (χ0v) is 40.7. The maximum Gasteiger partial charge on any atom is 0.329 e. The lowest BCUT2D eigenvalue weighted by molar-refractivity contribution is -0.284. The van der Waals surface area contributed by atoms with Crippen LogP contribution in [0.4, 0.5) is 0 Å². The number of Topliss-reactive ketones (excluding diaryl/α,β-unsaturated/α-hetero) is 1.